The number of rotatable bonds is 2. The van der Waals surface area contributed by atoms with Gasteiger partial charge in [0.2, 0.25) is 0 Å². The van der Waals surface area contributed by atoms with Crippen LogP contribution in [0.15, 0.2) is 52.7 Å². The van der Waals surface area contributed by atoms with E-state index < -0.39 is 0 Å². The molecule has 0 saturated carbocycles. The molecule has 0 spiro atoms. The first-order valence-electron chi connectivity index (χ1n) is 5.29. The van der Waals surface area contributed by atoms with Gasteiger partial charge in [-0.05, 0) is 36.8 Å². The Morgan fingerprint density at radius 2 is 1.65 bits per heavy atom. The Morgan fingerprint density at radius 1 is 0.941 bits per heavy atom. The topological polar surface area (TPSA) is 76.8 Å². The summed E-state index contributed by atoms with van der Waals surface area (Å²) in [6.45, 7) is 1.94. The Hall–Kier alpha value is -2.36. The van der Waals surface area contributed by atoms with Gasteiger partial charge in [-0.3, -0.25) is 0 Å². The largest absolute Gasteiger partial charge is 0.397 e. The van der Waals surface area contributed by atoms with Crippen LogP contribution in [-0.4, -0.2) is 0 Å². The summed E-state index contributed by atoms with van der Waals surface area (Å²) >= 11 is 0. The van der Waals surface area contributed by atoms with Crippen LogP contribution in [0.5, 0.6) is 0 Å². The Bertz CT molecular complexity index is 547. The standard InChI is InChI=1S/C13H14N4/c1-9-7-11(14)13(15)12(8-9)17-16-10-5-3-2-4-6-10/h2-8H,14-15H2,1H3. The number of aryl methyl sites for hydroxylation is 1. The fourth-order valence-electron chi connectivity index (χ4n) is 1.49. The maximum atomic E-state index is 5.84. The number of nitrogen functional groups attached to an aromatic ring is 2. The number of benzene rings is 2. The zero-order valence-corrected chi connectivity index (χ0v) is 9.59. The molecule has 0 atom stereocenters. The first-order valence-corrected chi connectivity index (χ1v) is 5.29. The van der Waals surface area contributed by atoms with Crippen molar-refractivity contribution < 1.29 is 0 Å². The number of hydrogen-bond donors (Lipinski definition) is 2. The minimum Gasteiger partial charge on any atom is -0.397 e. The number of nitrogens with two attached hydrogens (primary N) is 2. The number of nitrogens with zero attached hydrogens (tertiary/aromatic N) is 2. The molecule has 0 amide bonds. The fraction of sp³-hybridized carbons (Fsp3) is 0.0769. The van der Waals surface area contributed by atoms with Crippen LogP contribution in [0.2, 0.25) is 0 Å². The van der Waals surface area contributed by atoms with Gasteiger partial charge in [0.05, 0.1) is 17.1 Å². The molecule has 0 heterocycles. The molecule has 0 radical (unpaired) electrons. The van der Waals surface area contributed by atoms with Crippen molar-refractivity contribution in [3.05, 3.63) is 48.0 Å². The van der Waals surface area contributed by atoms with Crippen LogP contribution in [0.3, 0.4) is 0 Å². The van der Waals surface area contributed by atoms with Crippen LogP contribution in [0, 0.1) is 6.92 Å². The highest BCUT2D eigenvalue weighted by atomic mass is 15.1. The maximum Gasteiger partial charge on any atom is 0.111 e. The summed E-state index contributed by atoms with van der Waals surface area (Å²) in [7, 11) is 0. The second-order valence-electron chi connectivity index (χ2n) is 3.82. The predicted molar refractivity (Wildman–Crippen MR) is 70.6 cm³/mol. The Morgan fingerprint density at radius 3 is 2.35 bits per heavy atom. The summed E-state index contributed by atoms with van der Waals surface area (Å²) in [5.41, 5.74) is 15.0. The predicted octanol–water partition coefficient (Wildman–Crippen LogP) is 3.57. The van der Waals surface area contributed by atoms with Crippen LogP contribution in [0.4, 0.5) is 22.7 Å². The lowest BCUT2D eigenvalue weighted by atomic mass is 10.1. The van der Waals surface area contributed by atoms with Crippen molar-refractivity contribution in [2.24, 2.45) is 10.2 Å². The smallest absolute Gasteiger partial charge is 0.111 e. The van der Waals surface area contributed by atoms with Gasteiger partial charge in [-0.15, -0.1) is 5.11 Å². The van der Waals surface area contributed by atoms with E-state index in [1.807, 2.05) is 49.4 Å². The Balaban J connectivity index is 2.33. The van der Waals surface area contributed by atoms with Gasteiger partial charge in [0.15, 0.2) is 0 Å². The molecule has 4 nitrogen and oxygen atoms in total. The monoisotopic (exact) mass is 226 g/mol. The highest BCUT2D eigenvalue weighted by Gasteiger charge is 2.02. The summed E-state index contributed by atoms with van der Waals surface area (Å²) in [5, 5.41) is 8.23. The van der Waals surface area contributed by atoms with Gasteiger partial charge in [0.25, 0.3) is 0 Å². The molecule has 0 aliphatic carbocycles. The lowest BCUT2D eigenvalue weighted by Crippen LogP contribution is -1.95. The van der Waals surface area contributed by atoms with E-state index in [0.717, 1.165) is 11.3 Å². The van der Waals surface area contributed by atoms with Crippen LogP contribution in [-0.2, 0) is 0 Å². The van der Waals surface area contributed by atoms with Gasteiger partial charge >= 0.3 is 0 Å². The van der Waals surface area contributed by atoms with Crippen molar-refractivity contribution >= 4 is 22.7 Å². The molecule has 4 heteroatoms. The third-order valence-electron chi connectivity index (χ3n) is 2.36. The summed E-state index contributed by atoms with van der Waals surface area (Å²) < 4.78 is 0. The Kier molecular flexibility index (Phi) is 3.05. The molecule has 0 fully saturated rings. The van der Waals surface area contributed by atoms with Gasteiger partial charge in [-0.25, -0.2) is 0 Å². The molecular formula is C13H14N4. The van der Waals surface area contributed by atoms with Gasteiger partial charge in [-0.1, -0.05) is 18.2 Å². The van der Waals surface area contributed by atoms with E-state index in [0.29, 0.717) is 17.1 Å². The molecule has 2 aromatic rings. The number of hydrogen-bond acceptors (Lipinski definition) is 4. The summed E-state index contributed by atoms with van der Waals surface area (Å²) in [4.78, 5) is 0. The highest BCUT2D eigenvalue weighted by molar-refractivity contribution is 5.77. The summed E-state index contributed by atoms with van der Waals surface area (Å²) in [5.74, 6) is 0. The molecule has 0 aromatic heterocycles. The van der Waals surface area contributed by atoms with Crippen molar-refractivity contribution in [1.82, 2.24) is 0 Å². The molecule has 17 heavy (non-hydrogen) atoms. The molecule has 86 valence electrons. The second kappa shape index (κ2) is 4.65. The van der Waals surface area contributed by atoms with Crippen LogP contribution in [0.1, 0.15) is 5.56 Å². The molecule has 4 N–H and O–H groups in total. The number of anilines is 2. The number of azo groups is 1. The highest BCUT2D eigenvalue weighted by Crippen LogP contribution is 2.30. The third kappa shape index (κ3) is 2.60. The van der Waals surface area contributed by atoms with Crippen molar-refractivity contribution in [1.29, 1.82) is 0 Å². The lowest BCUT2D eigenvalue weighted by molar-refractivity contribution is 1.23. The van der Waals surface area contributed by atoms with Crippen molar-refractivity contribution in [3.8, 4) is 0 Å². The van der Waals surface area contributed by atoms with Crippen LogP contribution >= 0.6 is 0 Å². The van der Waals surface area contributed by atoms with Crippen molar-refractivity contribution in [2.75, 3.05) is 11.5 Å². The summed E-state index contributed by atoms with van der Waals surface area (Å²) in [6, 6.07) is 13.2. The summed E-state index contributed by atoms with van der Waals surface area (Å²) in [6.07, 6.45) is 0. The van der Waals surface area contributed by atoms with E-state index in [-0.39, 0.29) is 0 Å². The van der Waals surface area contributed by atoms with Crippen LogP contribution in [0.25, 0.3) is 0 Å². The van der Waals surface area contributed by atoms with Gasteiger partial charge < -0.3 is 11.5 Å². The molecule has 2 aromatic carbocycles. The lowest BCUT2D eigenvalue weighted by Gasteiger charge is -2.04. The molecule has 0 aliphatic heterocycles. The Labute approximate surface area is 100.0 Å². The van der Waals surface area contributed by atoms with Crippen molar-refractivity contribution in [2.45, 2.75) is 6.92 Å². The molecule has 0 unspecified atom stereocenters. The van der Waals surface area contributed by atoms with E-state index in [1.165, 1.54) is 0 Å². The van der Waals surface area contributed by atoms with E-state index in [4.69, 9.17) is 11.5 Å². The normalized spacial score (nSPS) is 10.9. The molecule has 0 aliphatic rings. The molecule has 2 rings (SSSR count). The van der Waals surface area contributed by atoms with Crippen LogP contribution < -0.4 is 11.5 Å². The molecule has 0 bridgehead atoms. The second-order valence-corrected chi connectivity index (χ2v) is 3.82. The average molecular weight is 226 g/mol. The first kappa shape index (κ1) is 11.1. The minimum atomic E-state index is 0.468. The fourth-order valence-corrected chi connectivity index (χ4v) is 1.49. The van der Waals surface area contributed by atoms with Gasteiger partial charge in [0.1, 0.15) is 5.69 Å². The van der Waals surface area contributed by atoms with Crippen molar-refractivity contribution in [3.63, 3.8) is 0 Å². The van der Waals surface area contributed by atoms with Gasteiger partial charge in [0, 0.05) is 0 Å². The first-order chi connectivity index (χ1) is 8.16. The SMILES string of the molecule is Cc1cc(N)c(N)c(N=Nc2ccccc2)c1. The van der Waals surface area contributed by atoms with E-state index in [1.54, 1.807) is 0 Å². The molecule has 0 saturated heterocycles. The zero-order chi connectivity index (χ0) is 12.3. The van der Waals surface area contributed by atoms with E-state index in [2.05, 4.69) is 10.2 Å². The van der Waals surface area contributed by atoms with E-state index in [9.17, 15) is 0 Å². The molecular weight excluding hydrogens is 212 g/mol. The average Bonchev–Trinajstić information content (AvgIpc) is 2.33. The maximum absolute atomic E-state index is 5.84. The quantitative estimate of drug-likeness (QED) is 0.606. The van der Waals surface area contributed by atoms with E-state index >= 15 is 0 Å². The third-order valence-corrected chi connectivity index (χ3v) is 2.36. The van der Waals surface area contributed by atoms with Gasteiger partial charge in [-0.2, -0.15) is 5.11 Å². The minimum absolute atomic E-state index is 0.468. The zero-order valence-electron chi connectivity index (χ0n) is 9.59.